The third-order valence-corrected chi connectivity index (χ3v) is 3.16. The van der Waals surface area contributed by atoms with E-state index >= 15 is 0 Å². The molecule has 0 spiro atoms. The molecule has 17 heavy (non-hydrogen) atoms. The molecular formula is C12H13ClN2O2. The van der Waals surface area contributed by atoms with Crippen LogP contribution in [-0.2, 0) is 9.59 Å². The maximum absolute atomic E-state index is 12.0. The van der Waals surface area contributed by atoms with Crippen molar-refractivity contribution < 1.29 is 9.59 Å². The van der Waals surface area contributed by atoms with E-state index in [-0.39, 0.29) is 11.8 Å². The van der Waals surface area contributed by atoms with E-state index in [2.05, 4.69) is 5.32 Å². The third-order valence-electron chi connectivity index (χ3n) is 2.91. The zero-order valence-corrected chi connectivity index (χ0v) is 10.2. The second kappa shape index (κ2) is 4.75. The van der Waals surface area contributed by atoms with Crippen molar-refractivity contribution in [2.75, 3.05) is 18.5 Å². The highest BCUT2D eigenvalue weighted by Gasteiger charge is 2.36. The summed E-state index contributed by atoms with van der Waals surface area (Å²) in [6.45, 7) is 0.568. The van der Waals surface area contributed by atoms with Crippen LogP contribution in [0.15, 0.2) is 24.3 Å². The van der Waals surface area contributed by atoms with Gasteiger partial charge in [-0.15, -0.1) is 0 Å². The molecule has 2 rings (SSSR count). The van der Waals surface area contributed by atoms with Gasteiger partial charge in [0.05, 0.1) is 0 Å². The molecule has 0 bridgehead atoms. The predicted octanol–water partition coefficient (Wildman–Crippen LogP) is 1.44. The maximum atomic E-state index is 12.0. The first-order valence-corrected chi connectivity index (χ1v) is 5.80. The lowest BCUT2D eigenvalue weighted by molar-refractivity contribution is -0.131. The average Bonchev–Trinajstić information content (AvgIpc) is 2.71. The van der Waals surface area contributed by atoms with E-state index in [1.54, 1.807) is 36.2 Å². The minimum atomic E-state index is -0.560. The summed E-state index contributed by atoms with van der Waals surface area (Å²) < 4.78 is 0. The number of rotatable bonds is 2. The molecule has 1 aromatic carbocycles. The van der Waals surface area contributed by atoms with Gasteiger partial charge in [-0.3, -0.25) is 9.59 Å². The van der Waals surface area contributed by atoms with Crippen molar-refractivity contribution in [2.45, 2.75) is 6.42 Å². The highest BCUT2D eigenvalue weighted by Crippen LogP contribution is 2.26. The quantitative estimate of drug-likeness (QED) is 0.810. The Labute approximate surface area is 105 Å². The Morgan fingerprint density at radius 1 is 1.41 bits per heavy atom. The molecule has 1 aliphatic rings. The van der Waals surface area contributed by atoms with E-state index < -0.39 is 5.92 Å². The molecule has 1 heterocycles. The molecular weight excluding hydrogens is 240 g/mol. The summed E-state index contributed by atoms with van der Waals surface area (Å²) in [4.78, 5) is 25.1. The van der Waals surface area contributed by atoms with Gasteiger partial charge in [0.15, 0.2) is 0 Å². The Bertz CT molecular complexity index is 444. The van der Waals surface area contributed by atoms with Gasteiger partial charge in [-0.2, -0.15) is 0 Å². The summed E-state index contributed by atoms with van der Waals surface area (Å²) in [5.41, 5.74) is 0.783. The van der Waals surface area contributed by atoms with E-state index in [0.29, 0.717) is 18.0 Å². The summed E-state index contributed by atoms with van der Waals surface area (Å²) >= 11 is 5.79. The molecule has 4 nitrogen and oxygen atoms in total. The Balaban J connectivity index is 2.17. The smallest absolute Gasteiger partial charge is 0.239 e. The van der Waals surface area contributed by atoms with Crippen LogP contribution in [0.5, 0.6) is 0 Å². The molecule has 1 fully saturated rings. The predicted molar refractivity (Wildman–Crippen MR) is 66.0 cm³/mol. The molecule has 0 unspecified atom stereocenters. The lowest BCUT2D eigenvalue weighted by Gasteiger charge is -2.16. The molecule has 0 aliphatic carbocycles. The van der Waals surface area contributed by atoms with E-state index in [9.17, 15) is 9.59 Å². The Morgan fingerprint density at radius 2 is 2.06 bits per heavy atom. The standard InChI is InChI=1S/C12H13ClN2O2/c1-14-11(16)10-6-7-15(12(10)17)9-4-2-8(13)3-5-9/h2-5,10H,6-7H2,1H3,(H,14,16)/t10-/m1/s1. The SMILES string of the molecule is CNC(=O)[C@H]1CCN(c2ccc(Cl)cc2)C1=O. The molecule has 1 aromatic rings. The molecule has 1 aliphatic heterocycles. The Morgan fingerprint density at radius 3 is 2.65 bits per heavy atom. The van der Waals surface area contributed by atoms with Gasteiger partial charge in [0.1, 0.15) is 5.92 Å². The van der Waals surface area contributed by atoms with Crippen LogP contribution < -0.4 is 10.2 Å². The highest BCUT2D eigenvalue weighted by molar-refractivity contribution is 6.30. The van der Waals surface area contributed by atoms with Crippen molar-refractivity contribution in [3.8, 4) is 0 Å². The normalized spacial score (nSPS) is 19.5. The number of nitrogens with zero attached hydrogens (tertiary/aromatic N) is 1. The van der Waals surface area contributed by atoms with Gasteiger partial charge >= 0.3 is 0 Å². The van der Waals surface area contributed by atoms with Crippen molar-refractivity contribution in [2.24, 2.45) is 5.92 Å². The average molecular weight is 253 g/mol. The first-order chi connectivity index (χ1) is 8.13. The van der Waals surface area contributed by atoms with Gasteiger partial charge in [0.2, 0.25) is 11.8 Å². The number of hydrogen-bond acceptors (Lipinski definition) is 2. The van der Waals surface area contributed by atoms with Crippen LogP contribution in [0.2, 0.25) is 5.02 Å². The van der Waals surface area contributed by atoms with Crippen molar-refractivity contribution in [1.29, 1.82) is 0 Å². The lowest BCUT2D eigenvalue weighted by atomic mass is 10.1. The van der Waals surface area contributed by atoms with Crippen molar-refractivity contribution in [1.82, 2.24) is 5.32 Å². The molecule has 0 radical (unpaired) electrons. The van der Waals surface area contributed by atoms with Crippen LogP contribution in [0.4, 0.5) is 5.69 Å². The van der Waals surface area contributed by atoms with E-state index in [4.69, 9.17) is 11.6 Å². The number of benzene rings is 1. The van der Waals surface area contributed by atoms with Crippen molar-refractivity contribution >= 4 is 29.1 Å². The van der Waals surface area contributed by atoms with E-state index in [0.717, 1.165) is 5.69 Å². The number of nitrogens with one attached hydrogen (secondary N) is 1. The highest BCUT2D eigenvalue weighted by atomic mass is 35.5. The summed E-state index contributed by atoms with van der Waals surface area (Å²) in [6, 6.07) is 7.04. The molecule has 0 saturated carbocycles. The summed E-state index contributed by atoms with van der Waals surface area (Å²) in [6.07, 6.45) is 0.557. The molecule has 90 valence electrons. The van der Waals surface area contributed by atoms with Crippen LogP contribution in [0.25, 0.3) is 0 Å². The van der Waals surface area contributed by atoms with Gasteiger partial charge in [0, 0.05) is 24.3 Å². The van der Waals surface area contributed by atoms with E-state index in [1.165, 1.54) is 0 Å². The summed E-state index contributed by atoms with van der Waals surface area (Å²) in [5.74, 6) is -0.922. The lowest BCUT2D eigenvalue weighted by Crippen LogP contribution is -2.35. The molecule has 2 amide bonds. The minimum Gasteiger partial charge on any atom is -0.358 e. The summed E-state index contributed by atoms with van der Waals surface area (Å²) in [5, 5.41) is 3.14. The zero-order chi connectivity index (χ0) is 12.4. The van der Waals surface area contributed by atoms with E-state index in [1.807, 2.05) is 0 Å². The summed E-state index contributed by atoms with van der Waals surface area (Å²) in [7, 11) is 1.54. The fourth-order valence-electron chi connectivity index (χ4n) is 1.97. The van der Waals surface area contributed by atoms with Gasteiger partial charge in [-0.25, -0.2) is 0 Å². The van der Waals surface area contributed by atoms with Crippen LogP contribution in [0, 0.1) is 5.92 Å². The number of anilines is 1. The Hall–Kier alpha value is -1.55. The first kappa shape index (κ1) is 11.9. The molecule has 5 heteroatoms. The molecule has 1 N–H and O–H groups in total. The third kappa shape index (κ3) is 2.26. The largest absolute Gasteiger partial charge is 0.358 e. The van der Waals surface area contributed by atoms with Crippen LogP contribution in [0.3, 0.4) is 0 Å². The van der Waals surface area contributed by atoms with Gasteiger partial charge in [-0.05, 0) is 30.7 Å². The fraction of sp³-hybridized carbons (Fsp3) is 0.333. The topological polar surface area (TPSA) is 49.4 Å². The number of amides is 2. The first-order valence-electron chi connectivity index (χ1n) is 5.42. The number of hydrogen-bond donors (Lipinski definition) is 1. The van der Waals surface area contributed by atoms with Gasteiger partial charge < -0.3 is 10.2 Å². The minimum absolute atomic E-state index is 0.147. The number of halogens is 1. The van der Waals surface area contributed by atoms with Crippen molar-refractivity contribution in [3.05, 3.63) is 29.3 Å². The maximum Gasteiger partial charge on any atom is 0.239 e. The van der Waals surface area contributed by atoms with Crippen LogP contribution in [-0.4, -0.2) is 25.4 Å². The van der Waals surface area contributed by atoms with Gasteiger partial charge in [-0.1, -0.05) is 11.6 Å². The Kier molecular flexibility index (Phi) is 3.33. The molecule has 1 saturated heterocycles. The van der Waals surface area contributed by atoms with Crippen molar-refractivity contribution in [3.63, 3.8) is 0 Å². The zero-order valence-electron chi connectivity index (χ0n) is 9.44. The monoisotopic (exact) mass is 252 g/mol. The van der Waals surface area contributed by atoms with Crippen LogP contribution in [0.1, 0.15) is 6.42 Å². The molecule has 1 atom stereocenters. The number of carbonyl (C=O) groups is 2. The molecule has 0 aromatic heterocycles. The number of carbonyl (C=O) groups excluding carboxylic acids is 2. The van der Waals surface area contributed by atoms with Crippen LogP contribution >= 0.6 is 11.6 Å². The fourth-order valence-corrected chi connectivity index (χ4v) is 2.10. The second-order valence-corrected chi connectivity index (χ2v) is 4.36. The van der Waals surface area contributed by atoms with Gasteiger partial charge in [0.25, 0.3) is 0 Å². The second-order valence-electron chi connectivity index (χ2n) is 3.92.